The van der Waals surface area contributed by atoms with Gasteiger partial charge in [-0.2, -0.15) is 4.98 Å². The first-order valence-electron chi connectivity index (χ1n) is 11.1. The van der Waals surface area contributed by atoms with Crippen LogP contribution in [0.15, 0.2) is 53.2 Å². The van der Waals surface area contributed by atoms with Crippen LogP contribution in [-0.4, -0.2) is 58.5 Å². The highest BCUT2D eigenvalue weighted by Crippen LogP contribution is 2.21. The summed E-state index contributed by atoms with van der Waals surface area (Å²) in [6.07, 6.45) is 2.86. The molecule has 0 saturated carbocycles. The predicted molar refractivity (Wildman–Crippen MR) is 124 cm³/mol. The number of nitrogens with one attached hydrogen (secondary N) is 1. The first kappa shape index (κ1) is 24.5. The van der Waals surface area contributed by atoms with Crippen LogP contribution in [0.25, 0.3) is 11.5 Å². The van der Waals surface area contributed by atoms with E-state index in [2.05, 4.69) is 19.8 Å². The molecule has 0 bridgehead atoms. The first-order chi connectivity index (χ1) is 16.8. The van der Waals surface area contributed by atoms with E-state index in [9.17, 15) is 18.0 Å². The van der Waals surface area contributed by atoms with Gasteiger partial charge in [-0.15, -0.1) is 0 Å². The van der Waals surface area contributed by atoms with Gasteiger partial charge in [0.05, 0.1) is 17.9 Å². The van der Waals surface area contributed by atoms with E-state index < -0.39 is 16.0 Å². The summed E-state index contributed by atoms with van der Waals surface area (Å²) in [5, 5.41) is 12.8. The zero-order valence-corrected chi connectivity index (χ0v) is 19.6. The van der Waals surface area contributed by atoms with Crippen LogP contribution in [0.1, 0.15) is 41.1 Å². The molecule has 0 spiro atoms. The second kappa shape index (κ2) is 10.7. The summed E-state index contributed by atoms with van der Waals surface area (Å²) in [5.74, 6) is -0.968. The van der Waals surface area contributed by atoms with Crippen LogP contribution >= 0.6 is 0 Å². The molecular weight excluding hydrogens is 474 g/mol. The van der Waals surface area contributed by atoms with Gasteiger partial charge in [-0.3, -0.25) is 9.78 Å². The van der Waals surface area contributed by atoms with Crippen LogP contribution in [0, 0.1) is 5.92 Å². The highest BCUT2D eigenvalue weighted by Gasteiger charge is 2.26. The topological polar surface area (TPSA) is 156 Å². The van der Waals surface area contributed by atoms with Crippen molar-refractivity contribution in [2.24, 2.45) is 5.92 Å². The van der Waals surface area contributed by atoms with Gasteiger partial charge < -0.3 is 14.5 Å². The Morgan fingerprint density at radius 2 is 2.00 bits per heavy atom. The Labute approximate surface area is 202 Å². The molecule has 1 amide bonds. The Balaban J connectivity index is 1.31. The Bertz CT molecular complexity index is 1280. The SMILES string of the molecule is O=C(O)c1ccc(-c2noc(CN3CCCC(CNS(=O)(=O)Cc4ccccc4)CC3=O)n2)nc1. The molecule has 4 rings (SSSR count). The number of benzene rings is 1. The third-order valence-electron chi connectivity index (χ3n) is 5.68. The van der Waals surface area contributed by atoms with Crippen molar-refractivity contribution < 1.29 is 27.6 Å². The van der Waals surface area contributed by atoms with E-state index in [0.717, 1.165) is 6.42 Å². The fourth-order valence-corrected chi connectivity index (χ4v) is 5.07. The fraction of sp³-hybridized carbons (Fsp3) is 0.348. The van der Waals surface area contributed by atoms with Crippen LogP contribution in [0.4, 0.5) is 0 Å². The van der Waals surface area contributed by atoms with Crippen molar-refractivity contribution >= 4 is 21.9 Å². The van der Waals surface area contributed by atoms with Crippen molar-refractivity contribution in [3.8, 4) is 11.5 Å². The second-order valence-electron chi connectivity index (χ2n) is 8.37. The maximum absolute atomic E-state index is 12.8. The summed E-state index contributed by atoms with van der Waals surface area (Å²) in [7, 11) is -3.50. The maximum atomic E-state index is 12.8. The number of carboxylic acids is 1. The summed E-state index contributed by atoms with van der Waals surface area (Å²) in [4.78, 5) is 33.7. The third kappa shape index (κ3) is 6.70. The van der Waals surface area contributed by atoms with Gasteiger partial charge in [0.15, 0.2) is 0 Å². The van der Waals surface area contributed by atoms with Crippen molar-refractivity contribution in [3.05, 3.63) is 65.7 Å². The zero-order chi connectivity index (χ0) is 24.8. The van der Waals surface area contributed by atoms with E-state index in [1.54, 1.807) is 29.2 Å². The molecule has 1 aliphatic rings. The van der Waals surface area contributed by atoms with Gasteiger partial charge in [0.25, 0.3) is 0 Å². The smallest absolute Gasteiger partial charge is 0.337 e. The maximum Gasteiger partial charge on any atom is 0.337 e. The summed E-state index contributed by atoms with van der Waals surface area (Å²) in [6.45, 7) is 0.832. The molecule has 1 fully saturated rings. The van der Waals surface area contributed by atoms with Crippen molar-refractivity contribution in [3.63, 3.8) is 0 Å². The molecular formula is C23H25N5O6S. The number of carboxylic acid groups (broad SMARTS) is 1. The van der Waals surface area contributed by atoms with Crippen LogP contribution in [0.2, 0.25) is 0 Å². The molecule has 0 radical (unpaired) electrons. The van der Waals surface area contributed by atoms with Gasteiger partial charge >= 0.3 is 5.97 Å². The lowest BCUT2D eigenvalue weighted by atomic mass is 10.0. The van der Waals surface area contributed by atoms with Gasteiger partial charge in [-0.1, -0.05) is 35.5 Å². The number of pyridine rings is 1. The normalized spacial score (nSPS) is 16.7. The number of aromatic carboxylic acids is 1. The molecule has 11 nitrogen and oxygen atoms in total. The van der Waals surface area contributed by atoms with E-state index >= 15 is 0 Å². The third-order valence-corrected chi connectivity index (χ3v) is 7.00. The van der Waals surface area contributed by atoms with Crippen LogP contribution < -0.4 is 4.72 Å². The number of amides is 1. The second-order valence-corrected chi connectivity index (χ2v) is 10.2. The molecule has 3 aromatic rings. The number of carbonyl (C=O) groups is 2. The molecule has 1 saturated heterocycles. The molecule has 1 atom stereocenters. The van der Waals surface area contributed by atoms with Crippen molar-refractivity contribution in [2.75, 3.05) is 13.1 Å². The summed E-state index contributed by atoms with van der Waals surface area (Å²) in [5.41, 5.74) is 1.11. The summed E-state index contributed by atoms with van der Waals surface area (Å²) in [6, 6.07) is 11.8. The Morgan fingerprint density at radius 1 is 1.20 bits per heavy atom. The van der Waals surface area contributed by atoms with Crippen LogP contribution in [0.3, 0.4) is 0 Å². The minimum atomic E-state index is -3.50. The largest absolute Gasteiger partial charge is 0.478 e. The molecule has 35 heavy (non-hydrogen) atoms. The zero-order valence-electron chi connectivity index (χ0n) is 18.8. The molecule has 12 heteroatoms. The standard InChI is InChI=1S/C23H25N5O6S/c29-21-11-17(12-25-35(32,33)15-16-5-2-1-3-6-16)7-4-10-28(21)14-20-26-22(27-34-20)19-9-8-18(13-24-19)23(30)31/h1-3,5-6,8-9,13,17,25H,4,7,10-12,14-15H2,(H,30,31). The van der Waals surface area contributed by atoms with Gasteiger partial charge in [0.2, 0.25) is 27.6 Å². The number of hydrogen-bond acceptors (Lipinski definition) is 8. The number of rotatable bonds is 9. The van der Waals surface area contributed by atoms with E-state index in [1.165, 1.54) is 18.3 Å². The van der Waals surface area contributed by atoms with Gasteiger partial charge in [0, 0.05) is 25.7 Å². The van der Waals surface area contributed by atoms with E-state index in [-0.39, 0.29) is 54.4 Å². The number of carbonyl (C=O) groups excluding carboxylic acids is 1. The molecule has 1 aliphatic heterocycles. The molecule has 2 N–H and O–H groups in total. The van der Waals surface area contributed by atoms with Crippen LogP contribution in [-0.2, 0) is 27.1 Å². The average molecular weight is 500 g/mol. The van der Waals surface area contributed by atoms with E-state index in [1.807, 2.05) is 6.07 Å². The monoisotopic (exact) mass is 499 g/mol. The lowest BCUT2D eigenvalue weighted by molar-refractivity contribution is -0.132. The highest BCUT2D eigenvalue weighted by molar-refractivity contribution is 7.88. The lowest BCUT2D eigenvalue weighted by Crippen LogP contribution is -2.33. The number of hydrogen-bond donors (Lipinski definition) is 2. The van der Waals surface area contributed by atoms with Gasteiger partial charge in [-0.05, 0) is 36.5 Å². The quantitative estimate of drug-likeness (QED) is 0.450. The predicted octanol–water partition coefficient (Wildman–Crippen LogP) is 2.08. The number of sulfonamides is 1. The van der Waals surface area contributed by atoms with E-state index in [4.69, 9.17) is 9.63 Å². The molecule has 0 aliphatic carbocycles. The van der Waals surface area contributed by atoms with Gasteiger partial charge in [-0.25, -0.2) is 17.9 Å². The van der Waals surface area contributed by atoms with Crippen molar-refractivity contribution in [1.29, 1.82) is 0 Å². The highest BCUT2D eigenvalue weighted by atomic mass is 32.2. The summed E-state index contributed by atoms with van der Waals surface area (Å²) >= 11 is 0. The molecule has 2 aromatic heterocycles. The van der Waals surface area contributed by atoms with Gasteiger partial charge in [0.1, 0.15) is 5.69 Å². The Kier molecular flexibility index (Phi) is 7.51. The Morgan fingerprint density at radius 3 is 2.71 bits per heavy atom. The molecule has 184 valence electrons. The van der Waals surface area contributed by atoms with Crippen LogP contribution in [0.5, 0.6) is 0 Å². The first-order valence-corrected chi connectivity index (χ1v) is 12.8. The lowest BCUT2D eigenvalue weighted by Gasteiger charge is -2.18. The van der Waals surface area contributed by atoms with Crippen molar-refractivity contribution in [2.45, 2.75) is 31.6 Å². The fourth-order valence-electron chi connectivity index (χ4n) is 3.84. The number of nitrogens with zero attached hydrogens (tertiary/aromatic N) is 4. The number of aromatic nitrogens is 3. The molecule has 1 aromatic carbocycles. The molecule has 3 heterocycles. The summed E-state index contributed by atoms with van der Waals surface area (Å²) < 4.78 is 32.7. The minimum absolute atomic E-state index is 0.0459. The number of likely N-dealkylation sites (tertiary alicyclic amines) is 1. The average Bonchev–Trinajstić information content (AvgIpc) is 3.23. The Hall–Kier alpha value is -3.64. The van der Waals surface area contributed by atoms with E-state index in [0.29, 0.717) is 24.2 Å². The van der Waals surface area contributed by atoms with Crippen molar-refractivity contribution in [1.82, 2.24) is 24.7 Å². The molecule has 1 unspecified atom stereocenters. The minimum Gasteiger partial charge on any atom is -0.478 e.